The molecule has 0 aliphatic rings. The summed E-state index contributed by atoms with van der Waals surface area (Å²) in [6, 6.07) is 0. The SMILES string of the molecule is C#Cc1nnc2[nH]c(=S)sc2n1. The number of nitrogens with zero attached hydrogens (tertiary/aromatic N) is 3. The highest BCUT2D eigenvalue weighted by atomic mass is 32.1. The Morgan fingerprint density at radius 1 is 1.50 bits per heavy atom. The molecular weight excluding hydrogens is 192 g/mol. The number of nitrogens with one attached hydrogen (secondary N) is 1. The maximum Gasteiger partial charge on any atom is 0.227 e. The van der Waals surface area contributed by atoms with Gasteiger partial charge in [0.25, 0.3) is 0 Å². The van der Waals surface area contributed by atoms with Gasteiger partial charge in [-0.1, -0.05) is 11.3 Å². The zero-order valence-electron chi connectivity index (χ0n) is 5.74. The lowest BCUT2D eigenvalue weighted by molar-refractivity contribution is 0.988. The molecule has 0 aromatic carbocycles. The van der Waals surface area contributed by atoms with Crippen LogP contribution in [-0.4, -0.2) is 20.2 Å². The van der Waals surface area contributed by atoms with Crippen molar-refractivity contribution in [1.29, 1.82) is 0 Å². The molecule has 6 heteroatoms. The van der Waals surface area contributed by atoms with Crippen molar-refractivity contribution in [3.63, 3.8) is 0 Å². The minimum absolute atomic E-state index is 0.285. The minimum atomic E-state index is 0.285. The van der Waals surface area contributed by atoms with E-state index in [1.54, 1.807) is 0 Å². The van der Waals surface area contributed by atoms with Crippen molar-refractivity contribution >= 4 is 34.0 Å². The van der Waals surface area contributed by atoms with Crippen LogP contribution in [0.2, 0.25) is 0 Å². The van der Waals surface area contributed by atoms with Crippen LogP contribution in [0.1, 0.15) is 5.82 Å². The Morgan fingerprint density at radius 2 is 2.33 bits per heavy atom. The van der Waals surface area contributed by atoms with Crippen molar-refractivity contribution in [3.05, 3.63) is 9.78 Å². The maximum absolute atomic E-state index is 5.10. The molecule has 1 N–H and O–H groups in total. The van der Waals surface area contributed by atoms with Crippen LogP contribution >= 0.6 is 23.6 Å². The Morgan fingerprint density at radius 3 is 3.08 bits per heavy atom. The summed E-state index contributed by atoms with van der Waals surface area (Å²) in [6.45, 7) is 0. The van der Waals surface area contributed by atoms with Crippen molar-refractivity contribution < 1.29 is 0 Å². The Hall–Kier alpha value is -1.32. The van der Waals surface area contributed by atoms with E-state index in [4.69, 9.17) is 18.6 Å². The van der Waals surface area contributed by atoms with Crippen LogP contribution in [0.5, 0.6) is 0 Å². The second kappa shape index (κ2) is 2.62. The maximum atomic E-state index is 5.10. The Bertz CT molecular complexity index is 518. The highest BCUT2D eigenvalue weighted by Gasteiger charge is 2.01. The summed E-state index contributed by atoms with van der Waals surface area (Å²) in [5, 5.41) is 7.48. The molecule has 0 aliphatic heterocycles. The number of aromatic nitrogens is 4. The van der Waals surface area contributed by atoms with Crippen molar-refractivity contribution in [2.75, 3.05) is 0 Å². The predicted molar refractivity (Wildman–Crippen MR) is 48.3 cm³/mol. The molecular formula is C6H2N4S2. The van der Waals surface area contributed by atoms with Crippen molar-refractivity contribution in [2.45, 2.75) is 0 Å². The van der Waals surface area contributed by atoms with E-state index in [0.29, 0.717) is 14.4 Å². The Kier molecular flexibility index (Phi) is 1.60. The summed E-state index contributed by atoms with van der Waals surface area (Å²) in [4.78, 5) is 7.56. The van der Waals surface area contributed by atoms with Gasteiger partial charge in [-0.2, -0.15) is 0 Å². The fourth-order valence-electron chi connectivity index (χ4n) is 0.732. The van der Waals surface area contributed by atoms with Gasteiger partial charge in [0.2, 0.25) is 5.82 Å². The summed E-state index contributed by atoms with van der Waals surface area (Å²) < 4.78 is 0.626. The van der Waals surface area contributed by atoms with Crippen molar-refractivity contribution in [1.82, 2.24) is 20.2 Å². The molecule has 0 radical (unpaired) electrons. The lowest BCUT2D eigenvalue weighted by Gasteiger charge is -1.85. The molecule has 2 rings (SSSR count). The lowest BCUT2D eigenvalue weighted by atomic mass is 10.6. The van der Waals surface area contributed by atoms with Gasteiger partial charge < -0.3 is 4.98 Å². The number of aromatic amines is 1. The first-order valence-corrected chi connectivity index (χ1v) is 4.22. The van der Waals surface area contributed by atoms with Crippen LogP contribution in [0.3, 0.4) is 0 Å². The van der Waals surface area contributed by atoms with Crippen LogP contribution < -0.4 is 0 Å². The topological polar surface area (TPSA) is 54.5 Å². The lowest BCUT2D eigenvalue weighted by Crippen LogP contribution is -1.91. The number of H-pyrrole nitrogens is 1. The summed E-state index contributed by atoms with van der Waals surface area (Å²) >= 11 is 6.23. The fourth-order valence-corrected chi connectivity index (χ4v) is 1.71. The third kappa shape index (κ3) is 1.09. The van der Waals surface area contributed by atoms with E-state index in [2.05, 4.69) is 26.1 Å². The molecule has 58 valence electrons. The molecule has 4 nitrogen and oxygen atoms in total. The smallest absolute Gasteiger partial charge is 0.227 e. The van der Waals surface area contributed by atoms with Crippen LogP contribution in [0.15, 0.2) is 0 Å². The van der Waals surface area contributed by atoms with Crippen molar-refractivity contribution in [3.8, 4) is 12.3 Å². The van der Waals surface area contributed by atoms with Gasteiger partial charge in [0.15, 0.2) is 14.4 Å². The van der Waals surface area contributed by atoms with E-state index in [1.807, 2.05) is 0 Å². The molecule has 0 aliphatic carbocycles. The quantitative estimate of drug-likeness (QED) is 0.504. The van der Waals surface area contributed by atoms with E-state index >= 15 is 0 Å². The molecule has 0 spiro atoms. The molecule has 0 bridgehead atoms. The van der Waals surface area contributed by atoms with Gasteiger partial charge >= 0.3 is 0 Å². The van der Waals surface area contributed by atoms with Gasteiger partial charge in [0, 0.05) is 0 Å². The molecule has 0 fully saturated rings. The first-order chi connectivity index (χ1) is 5.79. The van der Waals surface area contributed by atoms with Crippen LogP contribution in [0.25, 0.3) is 10.5 Å². The molecule has 2 heterocycles. The van der Waals surface area contributed by atoms with Gasteiger partial charge in [-0.3, -0.25) is 0 Å². The summed E-state index contributed by atoms with van der Waals surface area (Å²) in [7, 11) is 0. The van der Waals surface area contributed by atoms with E-state index in [-0.39, 0.29) is 5.82 Å². The molecule has 0 saturated heterocycles. The number of hydrogen-bond donors (Lipinski definition) is 1. The second-order valence-electron chi connectivity index (χ2n) is 1.95. The highest BCUT2D eigenvalue weighted by Crippen LogP contribution is 2.12. The number of fused-ring (bicyclic) bond motifs is 1. The Labute approximate surface area is 76.7 Å². The zero-order chi connectivity index (χ0) is 8.55. The normalized spacial score (nSPS) is 9.92. The standard InChI is InChI=1S/C6H2N4S2/c1-2-3-7-5-4(10-9-3)8-6(11)12-5/h1H,(H,8,10,11). The first kappa shape index (κ1) is 7.34. The van der Waals surface area contributed by atoms with Crippen LogP contribution in [0.4, 0.5) is 0 Å². The van der Waals surface area contributed by atoms with E-state index in [9.17, 15) is 0 Å². The number of terminal acetylenes is 1. The third-order valence-corrected chi connectivity index (χ3v) is 2.31. The number of thiazole rings is 1. The summed E-state index contributed by atoms with van der Waals surface area (Å²) in [6.07, 6.45) is 5.10. The third-order valence-electron chi connectivity index (χ3n) is 1.19. The summed E-state index contributed by atoms with van der Waals surface area (Å²) in [5.74, 6) is 2.59. The Balaban J connectivity index is 2.85. The van der Waals surface area contributed by atoms with Gasteiger partial charge in [-0.25, -0.2) is 4.98 Å². The fraction of sp³-hybridized carbons (Fsp3) is 0. The molecule has 0 saturated carbocycles. The predicted octanol–water partition coefficient (Wildman–Crippen LogP) is 1.13. The molecule has 0 amide bonds. The average molecular weight is 194 g/mol. The molecule has 0 unspecified atom stereocenters. The molecule has 2 aromatic rings. The molecule has 2 aromatic heterocycles. The zero-order valence-corrected chi connectivity index (χ0v) is 7.37. The highest BCUT2D eigenvalue weighted by molar-refractivity contribution is 7.73. The first-order valence-electron chi connectivity index (χ1n) is 3.00. The van der Waals surface area contributed by atoms with Crippen LogP contribution in [-0.2, 0) is 0 Å². The van der Waals surface area contributed by atoms with E-state index < -0.39 is 0 Å². The monoisotopic (exact) mass is 194 g/mol. The minimum Gasteiger partial charge on any atom is -0.319 e. The number of rotatable bonds is 0. The van der Waals surface area contributed by atoms with Crippen LogP contribution in [0, 0.1) is 16.3 Å². The average Bonchev–Trinajstić information content (AvgIpc) is 2.43. The summed E-state index contributed by atoms with van der Waals surface area (Å²) in [5.41, 5.74) is 0.587. The molecule has 12 heavy (non-hydrogen) atoms. The van der Waals surface area contributed by atoms with E-state index in [0.717, 1.165) is 0 Å². The van der Waals surface area contributed by atoms with Gasteiger partial charge in [0.1, 0.15) is 0 Å². The van der Waals surface area contributed by atoms with Gasteiger partial charge in [0.05, 0.1) is 0 Å². The van der Waals surface area contributed by atoms with E-state index in [1.165, 1.54) is 11.3 Å². The van der Waals surface area contributed by atoms with Gasteiger partial charge in [-0.15, -0.1) is 16.6 Å². The molecule has 0 atom stereocenters. The van der Waals surface area contributed by atoms with Gasteiger partial charge in [-0.05, 0) is 18.1 Å². The number of hydrogen-bond acceptors (Lipinski definition) is 5. The second-order valence-corrected chi connectivity index (χ2v) is 3.61. The largest absolute Gasteiger partial charge is 0.319 e. The van der Waals surface area contributed by atoms with Crippen molar-refractivity contribution in [2.24, 2.45) is 0 Å².